The molecular weight excluding hydrogens is 346 g/mol. The molecule has 1 N–H and O–H groups in total. The van der Waals surface area contributed by atoms with Crippen LogP contribution in [0.3, 0.4) is 0 Å². The van der Waals surface area contributed by atoms with Crippen LogP contribution in [0.2, 0.25) is 0 Å². The van der Waals surface area contributed by atoms with Crippen LogP contribution in [0.5, 0.6) is 5.75 Å². The van der Waals surface area contributed by atoms with Gasteiger partial charge in [-0.15, -0.1) is 11.3 Å². The van der Waals surface area contributed by atoms with Gasteiger partial charge in [-0.2, -0.15) is 0 Å². The first kappa shape index (κ1) is 16.4. The topological polar surface area (TPSA) is 55.6 Å². The molecule has 5 nitrogen and oxygen atoms in total. The SMILES string of the molecule is COc1ccc(NC(=O)c2csc3nc(-c4ccc(C)cc4)cn23)cc1. The number of amides is 1. The van der Waals surface area contributed by atoms with Gasteiger partial charge in [-0.25, -0.2) is 4.98 Å². The lowest BCUT2D eigenvalue weighted by molar-refractivity contribution is 0.102. The van der Waals surface area contributed by atoms with Gasteiger partial charge in [0.1, 0.15) is 11.4 Å². The first-order valence-corrected chi connectivity index (χ1v) is 9.01. The molecule has 6 heteroatoms. The van der Waals surface area contributed by atoms with Crippen molar-refractivity contribution in [2.75, 3.05) is 12.4 Å². The maximum Gasteiger partial charge on any atom is 0.273 e. The number of imidazole rings is 1. The summed E-state index contributed by atoms with van der Waals surface area (Å²) in [5, 5.41) is 4.73. The van der Waals surface area contributed by atoms with Crippen molar-refractivity contribution >= 4 is 27.9 Å². The quantitative estimate of drug-likeness (QED) is 0.575. The maximum atomic E-state index is 12.6. The highest BCUT2D eigenvalue weighted by Crippen LogP contribution is 2.25. The van der Waals surface area contributed by atoms with E-state index < -0.39 is 0 Å². The molecule has 0 saturated heterocycles. The number of anilines is 1. The molecule has 0 radical (unpaired) electrons. The number of hydrogen-bond acceptors (Lipinski definition) is 4. The monoisotopic (exact) mass is 363 g/mol. The zero-order valence-electron chi connectivity index (χ0n) is 14.4. The molecule has 0 unspecified atom stereocenters. The summed E-state index contributed by atoms with van der Waals surface area (Å²) >= 11 is 1.45. The fourth-order valence-electron chi connectivity index (χ4n) is 2.68. The van der Waals surface area contributed by atoms with E-state index in [9.17, 15) is 4.79 Å². The van der Waals surface area contributed by atoms with Gasteiger partial charge in [0, 0.05) is 22.8 Å². The third-order valence-electron chi connectivity index (χ3n) is 4.14. The van der Waals surface area contributed by atoms with Gasteiger partial charge in [-0.1, -0.05) is 29.8 Å². The molecule has 0 aliphatic rings. The van der Waals surface area contributed by atoms with E-state index in [1.165, 1.54) is 16.9 Å². The van der Waals surface area contributed by atoms with Crippen molar-refractivity contribution in [2.45, 2.75) is 6.92 Å². The number of ether oxygens (including phenoxy) is 1. The number of benzene rings is 2. The zero-order valence-corrected chi connectivity index (χ0v) is 15.2. The minimum Gasteiger partial charge on any atom is -0.497 e. The number of carbonyl (C=O) groups excluding carboxylic acids is 1. The van der Waals surface area contributed by atoms with Crippen molar-refractivity contribution in [2.24, 2.45) is 0 Å². The summed E-state index contributed by atoms with van der Waals surface area (Å²) in [6.07, 6.45) is 1.90. The Labute approximate surface area is 154 Å². The zero-order chi connectivity index (χ0) is 18.1. The summed E-state index contributed by atoms with van der Waals surface area (Å²) in [5.74, 6) is 0.576. The van der Waals surface area contributed by atoms with Gasteiger partial charge >= 0.3 is 0 Å². The van der Waals surface area contributed by atoms with E-state index in [2.05, 4.69) is 29.4 Å². The fourth-order valence-corrected chi connectivity index (χ4v) is 3.53. The molecule has 0 spiro atoms. The first-order chi connectivity index (χ1) is 12.6. The number of aromatic nitrogens is 2. The Balaban J connectivity index is 1.61. The van der Waals surface area contributed by atoms with E-state index in [0.29, 0.717) is 11.4 Å². The van der Waals surface area contributed by atoms with Gasteiger partial charge < -0.3 is 10.1 Å². The van der Waals surface area contributed by atoms with E-state index >= 15 is 0 Å². The Hall–Kier alpha value is -3.12. The number of thiazole rings is 1. The van der Waals surface area contributed by atoms with Crippen LogP contribution in [0.25, 0.3) is 16.2 Å². The highest BCUT2D eigenvalue weighted by Gasteiger charge is 2.15. The number of fused-ring (bicyclic) bond motifs is 1. The van der Waals surface area contributed by atoms with Gasteiger partial charge in [-0.3, -0.25) is 9.20 Å². The van der Waals surface area contributed by atoms with Crippen molar-refractivity contribution in [3.8, 4) is 17.0 Å². The number of aryl methyl sites for hydroxylation is 1. The molecule has 0 saturated carbocycles. The van der Waals surface area contributed by atoms with Crippen molar-refractivity contribution in [1.82, 2.24) is 9.38 Å². The molecule has 0 bridgehead atoms. The number of methoxy groups -OCH3 is 1. The summed E-state index contributed by atoms with van der Waals surface area (Å²) in [7, 11) is 1.61. The molecule has 2 aromatic carbocycles. The van der Waals surface area contributed by atoms with Gasteiger partial charge in [0.15, 0.2) is 4.96 Å². The number of rotatable bonds is 4. The normalized spacial score (nSPS) is 10.8. The Bertz CT molecular complexity index is 1060. The summed E-state index contributed by atoms with van der Waals surface area (Å²) in [6.45, 7) is 2.05. The molecular formula is C20H17N3O2S. The number of nitrogens with one attached hydrogen (secondary N) is 1. The largest absolute Gasteiger partial charge is 0.497 e. The van der Waals surface area contributed by atoms with Crippen LogP contribution in [0, 0.1) is 6.92 Å². The van der Waals surface area contributed by atoms with E-state index in [1.807, 2.05) is 52.4 Å². The Kier molecular flexibility index (Phi) is 4.18. The second-order valence-corrected chi connectivity index (χ2v) is 6.78. The minimum atomic E-state index is -0.172. The number of carbonyl (C=O) groups is 1. The van der Waals surface area contributed by atoms with Crippen molar-refractivity contribution in [3.05, 3.63) is 71.4 Å². The van der Waals surface area contributed by atoms with E-state index in [4.69, 9.17) is 4.74 Å². The van der Waals surface area contributed by atoms with Crippen molar-refractivity contribution < 1.29 is 9.53 Å². The molecule has 0 fully saturated rings. The number of nitrogens with zero attached hydrogens (tertiary/aromatic N) is 2. The molecule has 130 valence electrons. The highest BCUT2D eigenvalue weighted by atomic mass is 32.1. The summed E-state index contributed by atoms with van der Waals surface area (Å²) < 4.78 is 6.96. The first-order valence-electron chi connectivity index (χ1n) is 8.13. The average Bonchev–Trinajstić information content (AvgIpc) is 3.23. The lowest BCUT2D eigenvalue weighted by atomic mass is 10.1. The van der Waals surface area contributed by atoms with Gasteiger partial charge in [-0.05, 0) is 31.2 Å². The molecule has 1 amide bonds. The summed E-state index contributed by atoms with van der Waals surface area (Å²) in [4.78, 5) is 18.1. The Morgan fingerprint density at radius 3 is 2.54 bits per heavy atom. The second kappa shape index (κ2) is 6.65. The Morgan fingerprint density at radius 2 is 1.85 bits per heavy atom. The smallest absolute Gasteiger partial charge is 0.273 e. The van der Waals surface area contributed by atoms with E-state index in [0.717, 1.165) is 22.0 Å². The van der Waals surface area contributed by atoms with Crippen LogP contribution in [0.4, 0.5) is 5.69 Å². The number of hydrogen-bond donors (Lipinski definition) is 1. The molecule has 4 rings (SSSR count). The van der Waals surface area contributed by atoms with Crippen LogP contribution in [-0.2, 0) is 0 Å². The lowest BCUT2D eigenvalue weighted by Crippen LogP contribution is -2.13. The van der Waals surface area contributed by atoms with Crippen molar-refractivity contribution in [3.63, 3.8) is 0 Å². The van der Waals surface area contributed by atoms with Gasteiger partial charge in [0.2, 0.25) is 0 Å². The van der Waals surface area contributed by atoms with Crippen LogP contribution in [0.1, 0.15) is 16.1 Å². The molecule has 0 atom stereocenters. The van der Waals surface area contributed by atoms with Gasteiger partial charge in [0.25, 0.3) is 5.91 Å². The van der Waals surface area contributed by atoms with E-state index in [1.54, 1.807) is 7.11 Å². The fraction of sp³-hybridized carbons (Fsp3) is 0.100. The molecule has 0 aliphatic carbocycles. The van der Waals surface area contributed by atoms with Gasteiger partial charge in [0.05, 0.1) is 12.8 Å². The lowest BCUT2D eigenvalue weighted by Gasteiger charge is -2.05. The Morgan fingerprint density at radius 1 is 1.12 bits per heavy atom. The molecule has 26 heavy (non-hydrogen) atoms. The average molecular weight is 363 g/mol. The predicted octanol–water partition coefficient (Wildman–Crippen LogP) is 4.63. The third-order valence-corrected chi connectivity index (χ3v) is 4.98. The second-order valence-electron chi connectivity index (χ2n) is 5.95. The summed E-state index contributed by atoms with van der Waals surface area (Å²) in [5.41, 5.74) is 4.37. The van der Waals surface area contributed by atoms with Crippen LogP contribution < -0.4 is 10.1 Å². The third kappa shape index (κ3) is 3.07. The van der Waals surface area contributed by atoms with Crippen molar-refractivity contribution in [1.29, 1.82) is 0 Å². The predicted molar refractivity (Wildman–Crippen MR) is 104 cm³/mol. The summed E-state index contributed by atoms with van der Waals surface area (Å²) in [6, 6.07) is 15.4. The van der Waals surface area contributed by atoms with Crippen LogP contribution in [-0.4, -0.2) is 22.4 Å². The molecule has 0 aliphatic heterocycles. The van der Waals surface area contributed by atoms with E-state index in [-0.39, 0.29) is 5.91 Å². The maximum absolute atomic E-state index is 12.6. The molecule has 2 aromatic heterocycles. The minimum absolute atomic E-state index is 0.172. The standard InChI is InChI=1S/C20H17N3O2S/c1-13-3-5-14(6-4-13)17-11-23-18(12-26-20(23)22-17)19(24)21-15-7-9-16(25-2)10-8-15/h3-12H,1-2H3,(H,21,24). The highest BCUT2D eigenvalue weighted by molar-refractivity contribution is 7.15. The van der Waals surface area contributed by atoms with Crippen LogP contribution in [0.15, 0.2) is 60.1 Å². The van der Waals surface area contributed by atoms with Crippen LogP contribution >= 0.6 is 11.3 Å². The molecule has 4 aromatic rings. The molecule has 2 heterocycles.